The molecule has 0 saturated heterocycles. The van der Waals surface area contributed by atoms with Crippen molar-refractivity contribution in [1.82, 2.24) is 19.9 Å². The molecule has 2 aromatic heterocycles. The van der Waals surface area contributed by atoms with E-state index in [1.165, 1.54) is 0 Å². The summed E-state index contributed by atoms with van der Waals surface area (Å²) in [5, 5.41) is 12.0. The van der Waals surface area contributed by atoms with Crippen LogP contribution in [0.3, 0.4) is 0 Å². The summed E-state index contributed by atoms with van der Waals surface area (Å²) in [7, 11) is 0. The van der Waals surface area contributed by atoms with E-state index >= 15 is 0 Å². The van der Waals surface area contributed by atoms with Gasteiger partial charge in [-0.25, -0.2) is 14.8 Å². The lowest BCUT2D eigenvalue weighted by Crippen LogP contribution is -2.45. The van der Waals surface area contributed by atoms with E-state index in [0.29, 0.717) is 18.5 Å². The van der Waals surface area contributed by atoms with Crippen LogP contribution in [0.4, 0.5) is 0 Å². The number of unbranched alkanes of at least 4 members (excludes halogenated alkanes) is 1. The number of hydrogen-bond donors (Lipinski definition) is 2. The van der Waals surface area contributed by atoms with Crippen LogP contribution in [-0.4, -0.2) is 37.6 Å². The monoisotopic (exact) mass is 422 g/mol. The van der Waals surface area contributed by atoms with Crippen LogP contribution < -0.4 is 5.32 Å². The molecular formula is C24H30N4O3. The van der Waals surface area contributed by atoms with Gasteiger partial charge in [-0.05, 0) is 42.2 Å². The number of rotatable bonds is 10. The fourth-order valence-corrected chi connectivity index (χ4v) is 3.56. The number of pyridine rings is 1. The van der Waals surface area contributed by atoms with Crippen LogP contribution >= 0.6 is 0 Å². The standard InChI is InChI=1S/C24H30N4O3/c1-4-6-9-20-26-22-19(8-7-14-25-22)28(20)15-17-10-12-18(13-11-17)23(29)27-21(24(30)31)16(3)5-2/h7-8,10-14,16,21H,4-6,9,15H2,1-3H3,(H,27,29)(H,30,31)/t16-,21-/m0/s1. The fourth-order valence-electron chi connectivity index (χ4n) is 3.56. The zero-order chi connectivity index (χ0) is 22.4. The number of hydrogen-bond acceptors (Lipinski definition) is 4. The Morgan fingerprint density at radius 3 is 2.55 bits per heavy atom. The van der Waals surface area contributed by atoms with Gasteiger partial charge in [-0.1, -0.05) is 45.7 Å². The topological polar surface area (TPSA) is 97.1 Å². The van der Waals surface area contributed by atoms with Gasteiger partial charge in [0.1, 0.15) is 11.9 Å². The number of carbonyl (C=O) groups excluding carboxylic acids is 1. The van der Waals surface area contributed by atoms with Crippen molar-refractivity contribution >= 4 is 23.0 Å². The third kappa shape index (κ3) is 5.29. The first-order valence-electron chi connectivity index (χ1n) is 10.9. The summed E-state index contributed by atoms with van der Waals surface area (Å²) >= 11 is 0. The van der Waals surface area contributed by atoms with Crippen molar-refractivity contribution in [2.45, 2.75) is 59.0 Å². The molecule has 3 rings (SSSR count). The van der Waals surface area contributed by atoms with Gasteiger partial charge < -0.3 is 15.0 Å². The van der Waals surface area contributed by atoms with Gasteiger partial charge in [0.2, 0.25) is 0 Å². The fraction of sp³-hybridized carbons (Fsp3) is 0.417. The lowest BCUT2D eigenvalue weighted by Gasteiger charge is -2.20. The first-order chi connectivity index (χ1) is 14.9. The minimum absolute atomic E-state index is 0.148. The molecule has 2 N–H and O–H groups in total. The summed E-state index contributed by atoms with van der Waals surface area (Å²) in [4.78, 5) is 33.1. The predicted octanol–water partition coefficient (Wildman–Crippen LogP) is 4.05. The number of nitrogens with zero attached hydrogens (tertiary/aromatic N) is 3. The van der Waals surface area contributed by atoms with Gasteiger partial charge >= 0.3 is 5.97 Å². The first-order valence-corrected chi connectivity index (χ1v) is 10.9. The molecule has 7 nitrogen and oxygen atoms in total. The number of benzene rings is 1. The first kappa shape index (κ1) is 22.5. The quantitative estimate of drug-likeness (QED) is 0.514. The number of fused-ring (bicyclic) bond motifs is 1. The van der Waals surface area contributed by atoms with Crippen molar-refractivity contribution in [3.63, 3.8) is 0 Å². The maximum absolute atomic E-state index is 12.6. The van der Waals surface area contributed by atoms with Crippen LogP contribution in [0.1, 0.15) is 61.8 Å². The van der Waals surface area contributed by atoms with Crippen LogP contribution in [0.5, 0.6) is 0 Å². The largest absolute Gasteiger partial charge is 0.480 e. The third-order valence-electron chi connectivity index (χ3n) is 5.68. The van der Waals surface area contributed by atoms with Crippen molar-refractivity contribution < 1.29 is 14.7 Å². The molecule has 0 spiro atoms. The normalized spacial score (nSPS) is 13.1. The number of amides is 1. The van der Waals surface area contributed by atoms with Gasteiger partial charge in [0.25, 0.3) is 5.91 Å². The van der Waals surface area contributed by atoms with Crippen molar-refractivity contribution in [2.75, 3.05) is 0 Å². The molecule has 164 valence electrons. The second kappa shape index (κ2) is 10.2. The molecule has 0 aliphatic rings. The van der Waals surface area contributed by atoms with E-state index in [4.69, 9.17) is 4.98 Å². The Hall–Kier alpha value is -3.22. The van der Waals surface area contributed by atoms with Crippen LogP contribution in [-0.2, 0) is 17.8 Å². The van der Waals surface area contributed by atoms with E-state index in [2.05, 4.69) is 21.8 Å². The minimum Gasteiger partial charge on any atom is -0.480 e. The molecule has 0 radical (unpaired) electrons. The smallest absolute Gasteiger partial charge is 0.326 e. The molecule has 0 aliphatic heterocycles. The van der Waals surface area contributed by atoms with Crippen molar-refractivity contribution in [1.29, 1.82) is 0 Å². The maximum atomic E-state index is 12.6. The molecule has 0 aliphatic carbocycles. The Kier molecular flexibility index (Phi) is 7.39. The van der Waals surface area contributed by atoms with Gasteiger partial charge in [-0.2, -0.15) is 0 Å². The third-order valence-corrected chi connectivity index (χ3v) is 5.68. The average molecular weight is 423 g/mol. The minimum atomic E-state index is -1.01. The maximum Gasteiger partial charge on any atom is 0.326 e. The Morgan fingerprint density at radius 1 is 1.16 bits per heavy atom. The van der Waals surface area contributed by atoms with Crippen LogP contribution in [0.25, 0.3) is 11.2 Å². The van der Waals surface area contributed by atoms with Gasteiger partial charge in [-0.3, -0.25) is 4.79 Å². The summed E-state index contributed by atoms with van der Waals surface area (Å²) in [5.41, 5.74) is 3.22. The Labute approximate surface area is 182 Å². The van der Waals surface area contributed by atoms with E-state index in [0.717, 1.165) is 41.8 Å². The molecule has 31 heavy (non-hydrogen) atoms. The van der Waals surface area contributed by atoms with Gasteiger partial charge in [0.05, 0.1) is 5.52 Å². The second-order valence-corrected chi connectivity index (χ2v) is 7.94. The van der Waals surface area contributed by atoms with Gasteiger partial charge in [0, 0.05) is 24.7 Å². The van der Waals surface area contributed by atoms with Gasteiger partial charge in [0.15, 0.2) is 5.65 Å². The Morgan fingerprint density at radius 2 is 1.90 bits per heavy atom. The number of aliphatic carboxylic acids is 1. The van der Waals surface area contributed by atoms with Gasteiger partial charge in [-0.15, -0.1) is 0 Å². The molecule has 0 unspecified atom stereocenters. The van der Waals surface area contributed by atoms with E-state index in [1.807, 2.05) is 38.1 Å². The summed E-state index contributed by atoms with van der Waals surface area (Å²) in [6, 6.07) is 10.3. The molecule has 0 bridgehead atoms. The molecule has 1 amide bonds. The zero-order valence-corrected chi connectivity index (χ0v) is 18.3. The molecule has 2 atom stereocenters. The molecule has 7 heteroatoms. The second-order valence-electron chi connectivity index (χ2n) is 7.94. The molecule has 0 fully saturated rings. The van der Waals surface area contributed by atoms with E-state index in [-0.39, 0.29) is 11.8 Å². The molecule has 3 aromatic rings. The van der Waals surface area contributed by atoms with E-state index < -0.39 is 12.0 Å². The Bertz CT molecular complexity index is 1040. The average Bonchev–Trinajstić information content (AvgIpc) is 3.12. The number of carbonyl (C=O) groups is 2. The number of aromatic nitrogens is 3. The summed E-state index contributed by atoms with van der Waals surface area (Å²) in [6.45, 7) is 6.52. The highest BCUT2D eigenvalue weighted by atomic mass is 16.4. The number of carboxylic acids is 1. The van der Waals surface area contributed by atoms with Crippen LogP contribution in [0, 0.1) is 5.92 Å². The summed E-state index contributed by atoms with van der Waals surface area (Å²) in [6.07, 6.45) is 5.46. The lowest BCUT2D eigenvalue weighted by atomic mass is 9.99. The lowest BCUT2D eigenvalue weighted by molar-refractivity contribution is -0.140. The number of nitrogens with one attached hydrogen (secondary N) is 1. The SMILES string of the molecule is CCCCc1nc2ncccc2n1Cc1ccc(C(=O)N[C@H](C(=O)O)[C@@H](C)CC)cc1. The zero-order valence-electron chi connectivity index (χ0n) is 18.3. The van der Waals surface area contributed by atoms with Crippen molar-refractivity contribution in [3.05, 3.63) is 59.5 Å². The van der Waals surface area contributed by atoms with E-state index in [1.54, 1.807) is 18.3 Å². The van der Waals surface area contributed by atoms with Crippen LogP contribution in [0.15, 0.2) is 42.6 Å². The molecule has 2 heterocycles. The van der Waals surface area contributed by atoms with Crippen LogP contribution in [0.2, 0.25) is 0 Å². The van der Waals surface area contributed by atoms with Crippen molar-refractivity contribution in [3.8, 4) is 0 Å². The molecule has 0 saturated carbocycles. The molecule has 1 aromatic carbocycles. The number of aryl methyl sites for hydroxylation is 1. The number of carboxylic acid groups (broad SMARTS) is 1. The van der Waals surface area contributed by atoms with Crippen molar-refractivity contribution in [2.24, 2.45) is 5.92 Å². The predicted molar refractivity (Wildman–Crippen MR) is 120 cm³/mol. The Balaban J connectivity index is 1.78. The molecular weight excluding hydrogens is 392 g/mol. The highest BCUT2D eigenvalue weighted by Crippen LogP contribution is 2.18. The summed E-state index contributed by atoms with van der Waals surface area (Å²) < 4.78 is 2.18. The highest BCUT2D eigenvalue weighted by molar-refractivity contribution is 5.96. The van der Waals surface area contributed by atoms with E-state index in [9.17, 15) is 14.7 Å². The highest BCUT2D eigenvalue weighted by Gasteiger charge is 2.25. The number of imidazole rings is 1. The summed E-state index contributed by atoms with van der Waals surface area (Å²) in [5.74, 6) is -0.527.